The summed E-state index contributed by atoms with van der Waals surface area (Å²) in [5, 5.41) is 13.2. The van der Waals surface area contributed by atoms with Crippen molar-refractivity contribution in [2.75, 3.05) is 61.3 Å². The second-order valence-electron chi connectivity index (χ2n) is 10.7. The zero-order valence-corrected chi connectivity index (χ0v) is 21.7. The van der Waals surface area contributed by atoms with Crippen molar-refractivity contribution >= 4 is 46.4 Å². The smallest absolute Gasteiger partial charge is 0.292 e. The summed E-state index contributed by atoms with van der Waals surface area (Å²) >= 11 is 0. The number of hydrogen-bond donors (Lipinski definition) is 2. The lowest BCUT2D eigenvalue weighted by Crippen LogP contribution is -2.55. The highest BCUT2D eigenvalue weighted by molar-refractivity contribution is 6.23. The predicted molar refractivity (Wildman–Crippen MR) is 145 cm³/mol. The van der Waals surface area contributed by atoms with Gasteiger partial charge in [-0.1, -0.05) is 0 Å². The van der Waals surface area contributed by atoms with Crippen molar-refractivity contribution in [2.45, 2.75) is 18.9 Å². The van der Waals surface area contributed by atoms with Gasteiger partial charge in [0.2, 0.25) is 11.8 Å². The summed E-state index contributed by atoms with van der Waals surface area (Å²) < 4.78 is 0. The van der Waals surface area contributed by atoms with Gasteiger partial charge in [0.15, 0.2) is 0 Å². The fourth-order valence-electron chi connectivity index (χ4n) is 6.01. The summed E-state index contributed by atoms with van der Waals surface area (Å²) in [6, 6.07) is 9.10. The van der Waals surface area contributed by atoms with Crippen LogP contribution in [0.3, 0.4) is 0 Å². The highest BCUT2D eigenvalue weighted by Gasteiger charge is 2.45. The van der Waals surface area contributed by atoms with Gasteiger partial charge in [-0.3, -0.25) is 44.4 Å². The standard InChI is InChI=1S/C27H29N7O6/c28-21-12-18(2-4-22(21)34(39)40)31-9-7-30(8-10-31)13-16-14-32(15-16)17-1-3-19-20(11-17)27(38)33(26(19)37)23-5-6-24(35)29-25(23)36/h1-4,11-12,16,23H,5-10,13-15,28H2,(H,29,35,36). The first-order chi connectivity index (χ1) is 19.2. The summed E-state index contributed by atoms with van der Waals surface area (Å²) in [5.74, 6) is -1.55. The number of nitrogens with zero attached hydrogens (tertiary/aromatic N) is 5. The zero-order chi connectivity index (χ0) is 28.1. The lowest BCUT2D eigenvalue weighted by Gasteiger charge is -2.45. The molecule has 208 valence electrons. The molecule has 0 aliphatic carbocycles. The van der Waals surface area contributed by atoms with Gasteiger partial charge in [-0.15, -0.1) is 0 Å². The lowest BCUT2D eigenvalue weighted by atomic mass is 9.97. The average Bonchev–Trinajstić information content (AvgIpc) is 3.15. The minimum Gasteiger partial charge on any atom is -0.393 e. The van der Waals surface area contributed by atoms with Crippen LogP contribution in [0.4, 0.5) is 22.7 Å². The van der Waals surface area contributed by atoms with E-state index < -0.39 is 34.6 Å². The van der Waals surface area contributed by atoms with E-state index in [1.165, 1.54) is 6.07 Å². The molecule has 2 aromatic rings. The normalized spacial score (nSPS) is 21.9. The van der Waals surface area contributed by atoms with Gasteiger partial charge in [0.05, 0.1) is 16.1 Å². The van der Waals surface area contributed by atoms with Gasteiger partial charge in [0.1, 0.15) is 11.7 Å². The Balaban J connectivity index is 1.02. The van der Waals surface area contributed by atoms with Gasteiger partial charge in [0, 0.05) is 75.6 Å². The van der Waals surface area contributed by atoms with Gasteiger partial charge in [-0.2, -0.15) is 0 Å². The van der Waals surface area contributed by atoms with Gasteiger partial charge >= 0.3 is 0 Å². The number of piperidine rings is 1. The number of nitrogens with one attached hydrogen (secondary N) is 1. The van der Waals surface area contributed by atoms with Crippen LogP contribution in [-0.2, 0) is 9.59 Å². The fraction of sp³-hybridized carbons (Fsp3) is 0.407. The topological polar surface area (TPSA) is 162 Å². The Hall–Kier alpha value is -4.52. The molecule has 3 N–H and O–H groups in total. The maximum absolute atomic E-state index is 13.1. The van der Waals surface area contributed by atoms with Crippen LogP contribution in [0.2, 0.25) is 0 Å². The number of benzene rings is 2. The second kappa shape index (κ2) is 9.90. The minimum atomic E-state index is -0.972. The molecule has 1 unspecified atom stereocenters. The van der Waals surface area contributed by atoms with Crippen molar-refractivity contribution in [1.82, 2.24) is 15.1 Å². The summed E-state index contributed by atoms with van der Waals surface area (Å²) in [5.41, 5.74) is 8.26. The first kappa shape index (κ1) is 25.7. The van der Waals surface area contributed by atoms with Crippen LogP contribution in [0, 0.1) is 16.0 Å². The molecule has 4 aliphatic rings. The molecule has 4 amide bonds. The van der Waals surface area contributed by atoms with Crippen LogP contribution in [0.5, 0.6) is 0 Å². The van der Waals surface area contributed by atoms with Crippen molar-refractivity contribution in [3.05, 3.63) is 57.6 Å². The van der Waals surface area contributed by atoms with Crippen molar-refractivity contribution in [3.8, 4) is 0 Å². The first-order valence-electron chi connectivity index (χ1n) is 13.3. The zero-order valence-electron chi connectivity index (χ0n) is 21.7. The minimum absolute atomic E-state index is 0.0806. The number of piperazine rings is 1. The highest BCUT2D eigenvalue weighted by atomic mass is 16.6. The maximum Gasteiger partial charge on any atom is 0.292 e. The van der Waals surface area contributed by atoms with Crippen LogP contribution >= 0.6 is 0 Å². The van der Waals surface area contributed by atoms with Crippen molar-refractivity contribution in [3.63, 3.8) is 0 Å². The summed E-state index contributed by atoms with van der Waals surface area (Å²) in [4.78, 5) is 68.1. The SMILES string of the molecule is Nc1cc(N2CCN(CC3CN(c4ccc5c(c4)C(=O)N(C4CCC(=O)NC4=O)C5=O)C3)CC2)ccc1[N+](=O)[O-]. The number of rotatable bonds is 6. The third kappa shape index (κ3) is 4.51. The Labute approximate surface area is 229 Å². The molecule has 4 heterocycles. The van der Waals surface area contributed by atoms with Gasteiger partial charge in [-0.25, -0.2) is 0 Å². The number of nitro groups is 1. The molecule has 13 nitrogen and oxygen atoms in total. The number of hydrogen-bond acceptors (Lipinski definition) is 10. The predicted octanol–water partition coefficient (Wildman–Crippen LogP) is 0.837. The molecule has 13 heteroatoms. The number of carbonyl (C=O) groups excluding carboxylic acids is 4. The van der Waals surface area contributed by atoms with Crippen LogP contribution < -0.4 is 20.9 Å². The molecule has 0 spiro atoms. The Kier molecular flexibility index (Phi) is 6.37. The molecule has 2 aromatic carbocycles. The number of amides is 4. The molecule has 3 fully saturated rings. The molecule has 0 saturated carbocycles. The van der Waals surface area contributed by atoms with Crippen molar-refractivity contribution in [1.29, 1.82) is 0 Å². The first-order valence-corrected chi connectivity index (χ1v) is 13.3. The largest absolute Gasteiger partial charge is 0.393 e. The Morgan fingerprint density at radius 3 is 2.25 bits per heavy atom. The molecule has 40 heavy (non-hydrogen) atoms. The number of anilines is 3. The molecule has 0 aromatic heterocycles. The van der Waals surface area contributed by atoms with E-state index in [0.29, 0.717) is 11.5 Å². The molecule has 6 rings (SSSR count). The summed E-state index contributed by atoms with van der Waals surface area (Å²) in [7, 11) is 0. The molecule has 3 saturated heterocycles. The number of carbonyl (C=O) groups is 4. The van der Waals surface area contributed by atoms with E-state index in [1.54, 1.807) is 24.3 Å². The van der Waals surface area contributed by atoms with E-state index in [1.807, 2.05) is 6.07 Å². The number of imide groups is 2. The third-order valence-corrected chi connectivity index (χ3v) is 8.21. The average molecular weight is 548 g/mol. The van der Waals surface area contributed by atoms with E-state index in [-0.39, 0.29) is 29.8 Å². The van der Waals surface area contributed by atoms with Crippen LogP contribution in [0.1, 0.15) is 33.6 Å². The second-order valence-corrected chi connectivity index (χ2v) is 10.7. The summed E-state index contributed by atoms with van der Waals surface area (Å²) in [6.07, 6.45) is 0.220. The fourth-order valence-corrected chi connectivity index (χ4v) is 6.01. The van der Waals surface area contributed by atoms with E-state index in [4.69, 9.17) is 5.73 Å². The van der Waals surface area contributed by atoms with E-state index in [9.17, 15) is 29.3 Å². The quantitative estimate of drug-likeness (QED) is 0.229. The number of nitro benzene ring substituents is 1. The van der Waals surface area contributed by atoms with E-state index in [0.717, 1.165) is 62.1 Å². The molecular formula is C27H29N7O6. The molecule has 1 atom stereocenters. The van der Waals surface area contributed by atoms with Crippen LogP contribution in [0.15, 0.2) is 36.4 Å². The third-order valence-electron chi connectivity index (χ3n) is 8.21. The number of nitrogen functional groups attached to an aromatic ring is 1. The van der Waals surface area contributed by atoms with Crippen molar-refractivity contribution in [2.24, 2.45) is 5.92 Å². The number of fused-ring (bicyclic) bond motifs is 1. The monoisotopic (exact) mass is 547 g/mol. The van der Waals surface area contributed by atoms with Crippen LogP contribution in [0.25, 0.3) is 0 Å². The Morgan fingerprint density at radius 1 is 0.900 bits per heavy atom. The van der Waals surface area contributed by atoms with Gasteiger partial charge < -0.3 is 15.5 Å². The molecule has 4 aliphatic heterocycles. The summed E-state index contributed by atoms with van der Waals surface area (Å²) in [6.45, 7) is 5.96. The molecular weight excluding hydrogens is 518 g/mol. The Bertz CT molecular complexity index is 1430. The maximum atomic E-state index is 13.1. The Morgan fingerprint density at radius 2 is 1.57 bits per heavy atom. The van der Waals surface area contributed by atoms with Crippen LogP contribution in [-0.4, -0.2) is 90.2 Å². The highest BCUT2D eigenvalue weighted by Crippen LogP contribution is 2.33. The van der Waals surface area contributed by atoms with E-state index >= 15 is 0 Å². The molecule has 0 bridgehead atoms. The van der Waals surface area contributed by atoms with Gasteiger partial charge in [0.25, 0.3) is 17.5 Å². The number of nitrogens with two attached hydrogens (primary N) is 1. The lowest BCUT2D eigenvalue weighted by molar-refractivity contribution is -0.383. The molecule has 0 radical (unpaired) electrons. The van der Waals surface area contributed by atoms with Crippen molar-refractivity contribution < 1.29 is 24.1 Å². The van der Waals surface area contributed by atoms with E-state index in [2.05, 4.69) is 20.0 Å². The van der Waals surface area contributed by atoms with Gasteiger partial charge in [-0.05, 0) is 36.8 Å².